The van der Waals surface area contributed by atoms with E-state index < -0.39 is 0 Å². The molecule has 1 heterocycles. The average molecular weight is 358 g/mol. The van der Waals surface area contributed by atoms with Crippen molar-refractivity contribution in [2.45, 2.75) is 65.3 Å². The Balaban J connectivity index is 2.15. The van der Waals surface area contributed by atoms with Crippen molar-refractivity contribution in [1.82, 2.24) is 5.32 Å². The molecular weight excluding hydrogens is 330 g/mol. The van der Waals surface area contributed by atoms with Crippen molar-refractivity contribution < 1.29 is 0 Å². The molecule has 1 saturated carbocycles. The molecule has 1 atom stereocenters. The van der Waals surface area contributed by atoms with Gasteiger partial charge in [-0.2, -0.15) is 0 Å². The van der Waals surface area contributed by atoms with Crippen LogP contribution in [0.5, 0.6) is 0 Å². The van der Waals surface area contributed by atoms with Crippen molar-refractivity contribution in [3.63, 3.8) is 0 Å². The third-order valence-corrected chi connectivity index (χ3v) is 6.28. The van der Waals surface area contributed by atoms with Crippen molar-refractivity contribution >= 4 is 27.3 Å². The molecule has 1 aliphatic carbocycles. The van der Waals surface area contributed by atoms with Crippen LogP contribution in [0.25, 0.3) is 0 Å². The zero-order valence-corrected chi connectivity index (χ0v) is 15.4. The normalized spacial score (nSPS) is 19.6. The molecule has 0 spiro atoms. The summed E-state index contributed by atoms with van der Waals surface area (Å²) in [6, 6.07) is 5.12. The van der Waals surface area contributed by atoms with Gasteiger partial charge in [0.1, 0.15) is 0 Å². The molecule has 0 saturated heterocycles. The first-order chi connectivity index (χ1) is 9.55. The van der Waals surface area contributed by atoms with Crippen molar-refractivity contribution in [1.29, 1.82) is 0 Å². The van der Waals surface area contributed by atoms with Crippen molar-refractivity contribution in [3.8, 4) is 0 Å². The van der Waals surface area contributed by atoms with Crippen LogP contribution in [-0.4, -0.2) is 12.6 Å². The minimum Gasteiger partial charge on any atom is -0.313 e. The molecule has 114 valence electrons. The number of thiophene rings is 1. The van der Waals surface area contributed by atoms with Crippen LogP contribution in [0.3, 0.4) is 0 Å². The van der Waals surface area contributed by atoms with Gasteiger partial charge in [0.05, 0.1) is 3.79 Å². The summed E-state index contributed by atoms with van der Waals surface area (Å²) in [6.07, 6.45) is 8.23. The van der Waals surface area contributed by atoms with E-state index in [-0.39, 0.29) is 0 Å². The van der Waals surface area contributed by atoms with E-state index in [1.54, 1.807) is 0 Å². The molecule has 1 N–H and O–H groups in total. The van der Waals surface area contributed by atoms with Crippen LogP contribution in [0, 0.1) is 11.3 Å². The van der Waals surface area contributed by atoms with Crippen LogP contribution < -0.4 is 5.32 Å². The molecule has 1 fully saturated rings. The maximum atomic E-state index is 3.82. The second kappa shape index (κ2) is 7.42. The summed E-state index contributed by atoms with van der Waals surface area (Å²) >= 11 is 5.49. The topological polar surface area (TPSA) is 12.0 Å². The Bertz CT molecular complexity index is 407. The zero-order valence-electron chi connectivity index (χ0n) is 13.0. The maximum Gasteiger partial charge on any atom is 0.0701 e. The van der Waals surface area contributed by atoms with E-state index in [0.717, 1.165) is 12.5 Å². The highest BCUT2D eigenvalue weighted by Gasteiger charge is 2.41. The van der Waals surface area contributed by atoms with Crippen LogP contribution in [0.4, 0.5) is 0 Å². The van der Waals surface area contributed by atoms with Gasteiger partial charge in [-0.15, -0.1) is 11.3 Å². The number of likely N-dealkylation sites (N-methyl/N-ethyl adjacent to an activating group) is 1. The molecule has 1 aromatic rings. The summed E-state index contributed by atoms with van der Waals surface area (Å²) in [7, 11) is 0. The monoisotopic (exact) mass is 357 g/mol. The average Bonchev–Trinajstić information content (AvgIpc) is 2.98. The van der Waals surface area contributed by atoms with E-state index in [4.69, 9.17) is 0 Å². The fraction of sp³-hybridized carbons (Fsp3) is 0.765. The molecule has 1 aliphatic rings. The number of rotatable bonds is 7. The predicted molar refractivity (Wildman–Crippen MR) is 93.5 cm³/mol. The Morgan fingerprint density at radius 3 is 2.50 bits per heavy atom. The molecule has 3 heteroatoms. The highest BCUT2D eigenvalue weighted by Crippen LogP contribution is 2.47. The number of nitrogens with one attached hydrogen (secondary N) is 1. The van der Waals surface area contributed by atoms with Crippen LogP contribution >= 0.6 is 27.3 Å². The van der Waals surface area contributed by atoms with Gasteiger partial charge >= 0.3 is 0 Å². The molecule has 0 radical (unpaired) electrons. The highest BCUT2D eigenvalue weighted by atomic mass is 79.9. The van der Waals surface area contributed by atoms with Crippen molar-refractivity contribution in [2.75, 3.05) is 6.54 Å². The van der Waals surface area contributed by atoms with Crippen LogP contribution in [-0.2, 0) is 6.42 Å². The summed E-state index contributed by atoms with van der Waals surface area (Å²) in [4.78, 5) is 1.51. The van der Waals surface area contributed by atoms with E-state index in [2.05, 4.69) is 54.2 Å². The van der Waals surface area contributed by atoms with E-state index in [0.29, 0.717) is 11.5 Å². The number of halogens is 1. The Labute approximate surface area is 136 Å². The largest absolute Gasteiger partial charge is 0.313 e. The van der Waals surface area contributed by atoms with Gasteiger partial charge in [0.2, 0.25) is 0 Å². The zero-order chi connectivity index (χ0) is 14.6. The molecule has 0 bridgehead atoms. The SMILES string of the molecule is CCNC(Cc1ccc(Br)s1)C1(CC(C)C)CCCC1. The van der Waals surface area contributed by atoms with Gasteiger partial charge in [0, 0.05) is 10.9 Å². The molecule has 0 aromatic carbocycles. The van der Waals surface area contributed by atoms with Gasteiger partial charge < -0.3 is 5.32 Å². The van der Waals surface area contributed by atoms with E-state index in [1.807, 2.05) is 11.3 Å². The van der Waals surface area contributed by atoms with Gasteiger partial charge in [0.15, 0.2) is 0 Å². The van der Waals surface area contributed by atoms with Crippen LogP contribution in [0.2, 0.25) is 0 Å². The number of hydrogen-bond donors (Lipinski definition) is 1. The predicted octanol–water partition coefficient (Wildman–Crippen LogP) is 5.64. The third kappa shape index (κ3) is 4.08. The maximum absolute atomic E-state index is 3.82. The lowest BCUT2D eigenvalue weighted by molar-refractivity contribution is 0.156. The first-order valence-corrected chi connectivity index (χ1v) is 9.64. The first-order valence-electron chi connectivity index (χ1n) is 8.03. The fourth-order valence-electron chi connectivity index (χ4n) is 4.00. The lowest BCUT2D eigenvalue weighted by Gasteiger charge is -2.39. The Hall–Kier alpha value is 0.140. The molecule has 0 aliphatic heterocycles. The van der Waals surface area contributed by atoms with Crippen LogP contribution in [0.15, 0.2) is 15.9 Å². The molecular formula is C17H28BrNS. The van der Waals surface area contributed by atoms with Gasteiger partial charge in [-0.05, 0) is 71.6 Å². The summed E-state index contributed by atoms with van der Waals surface area (Å²) in [5.74, 6) is 0.796. The standard InChI is InChI=1S/C17H28BrNS/c1-4-19-15(11-14-7-8-16(18)20-14)17(12-13(2)3)9-5-6-10-17/h7-8,13,15,19H,4-6,9-12H2,1-3H3. The van der Waals surface area contributed by atoms with E-state index in [1.165, 1.54) is 47.2 Å². The minimum atomic E-state index is 0.528. The third-order valence-electron chi connectivity index (χ3n) is 4.64. The Morgan fingerprint density at radius 1 is 1.30 bits per heavy atom. The lowest BCUT2D eigenvalue weighted by Crippen LogP contribution is -2.46. The smallest absolute Gasteiger partial charge is 0.0701 e. The van der Waals surface area contributed by atoms with Crippen LogP contribution in [0.1, 0.15) is 57.8 Å². The molecule has 1 nitrogen and oxygen atoms in total. The summed E-state index contributed by atoms with van der Waals surface area (Å²) in [5, 5.41) is 3.82. The van der Waals surface area contributed by atoms with Gasteiger partial charge in [-0.3, -0.25) is 0 Å². The second-order valence-corrected chi connectivity index (χ2v) is 9.24. The summed E-state index contributed by atoms with van der Waals surface area (Å²) in [5.41, 5.74) is 0.528. The Morgan fingerprint density at radius 2 is 2.00 bits per heavy atom. The molecule has 2 rings (SSSR count). The molecule has 20 heavy (non-hydrogen) atoms. The second-order valence-electron chi connectivity index (χ2n) is 6.69. The van der Waals surface area contributed by atoms with Crippen molar-refractivity contribution in [2.24, 2.45) is 11.3 Å². The van der Waals surface area contributed by atoms with Gasteiger partial charge in [0.25, 0.3) is 0 Å². The minimum absolute atomic E-state index is 0.528. The molecule has 1 aromatic heterocycles. The first kappa shape index (κ1) is 16.5. The van der Waals surface area contributed by atoms with Crippen molar-refractivity contribution in [3.05, 3.63) is 20.8 Å². The highest BCUT2D eigenvalue weighted by molar-refractivity contribution is 9.11. The fourth-order valence-corrected chi connectivity index (χ4v) is 5.53. The summed E-state index contributed by atoms with van der Waals surface area (Å²) in [6.45, 7) is 8.09. The molecule has 1 unspecified atom stereocenters. The van der Waals surface area contributed by atoms with E-state index in [9.17, 15) is 0 Å². The summed E-state index contributed by atoms with van der Waals surface area (Å²) < 4.78 is 1.26. The number of hydrogen-bond acceptors (Lipinski definition) is 2. The van der Waals surface area contributed by atoms with Gasteiger partial charge in [-0.25, -0.2) is 0 Å². The van der Waals surface area contributed by atoms with E-state index >= 15 is 0 Å². The quantitative estimate of drug-likeness (QED) is 0.665. The van der Waals surface area contributed by atoms with Gasteiger partial charge in [-0.1, -0.05) is 33.6 Å². The lowest BCUT2D eigenvalue weighted by atomic mass is 9.71. The Kier molecular flexibility index (Phi) is 6.12. The molecule has 0 amide bonds.